The first-order valence-corrected chi connectivity index (χ1v) is 7.57. The van der Waals surface area contributed by atoms with Crippen molar-refractivity contribution in [3.63, 3.8) is 0 Å². The van der Waals surface area contributed by atoms with Gasteiger partial charge in [0.25, 0.3) is 0 Å². The van der Waals surface area contributed by atoms with Gasteiger partial charge >= 0.3 is 0 Å². The van der Waals surface area contributed by atoms with E-state index in [1.165, 1.54) is 0 Å². The zero-order valence-corrected chi connectivity index (χ0v) is 12.7. The SMILES string of the molecule is CCCC(C)CN1CCC(=O)NC(C(C)CC)C1=O. The van der Waals surface area contributed by atoms with Crippen molar-refractivity contribution in [2.45, 2.75) is 59.4 Å². The van der Waals surface area contributed by atoms with Gasteiger partial charge in [0.2, 0.25) is 11.8 Å². The van der Waals surface area contributed by atoms with Crippen molar-refractivity contribution in [3.05, 3.63) is 0 Å². The average Bonchev–Trinajstić information content (AvgIpc) is 2.51. The van der Waals surface area contributed by atoms with Crippen molar-refractivity contribution >= 4 is 11.8 Å². The maximum absolute atomic E-state index is 12.5. The van der Waals surface area contributed by atoms with Crippen molar-refractivity contribution in [3.8, 4) is 0 Å². The van der Waals surface area contributed by atoms with Crippen LogP contribution in [0.5, 0.6) is 0 Å². The summed E-state index contributed by atoms with van der Waals surface area (Å²) in [7, 11) is 0. The van der Waals surface area contributed by atoms with Gasteiger partial charge in [-0.15, -0.1) is 0 Å². The molecule has 4 nitrogen and oxygen atoms in total. The lowest BCUT2D eigenvalue weighted by Crippen LogP contribution is -2.49. The first kappa shape index (κ1) is 16.0. The number of carbonyl (C=O) groups excluding carboxylic acids is 2. The summed E-state index contributed by atoms with van der Waals surface area (Å²) >= 11 is 0. The minimum Gasteiger partial charge on any atom is -0.344 e. The minimum absolute atomic E-state index is 0.00398. The summed E-state index contributed by atoms with van der Waals surface area (Å²) in [5.74, 6) is 0.797. The number of hydrogen-bond donors (Lipinski definition) is 1. The molecule has 1 N–H and O–H groups in total. The van der Waals surface area contributed by atoms with Crippen molar-refractivity contribution in [1.29, 1.82) is 0 Å². The number of nitrogens with one attached hydrogen (secondary N) is 1. The summed E-state index contributed by atoms with van der Waals surface area (Å²) in [6.45, 7) is 9.75. The third-order valence-electron chi connectivity index (χ3n) is 4.03. The summed E-state index contributed by atoms with van der Waals surface area (Å²) in [5, 5.41) is 2.88. The predicted octanol–water partition coefficient (Wildman–Crippen LogP) is 2.19. The molecule has 0 aliphatic carbocycles. The Bertz CT molecular complexity index is 317. The molecular weight excluding hydrogens is 240 g/mol. The lowest BCUT2D eigenvalue weighted by molar-refractivity contribution is -0.135. The summed E-state index contributed by atoms with van der Waals surface area (Å²) < 4.78 is 0. The van der Waals surface area contributed by atoms with Crippen LogP contribution in [0.2, 0.25) is 0 Å². The standard InChI is InChI=1S/C15H28N2O2/c1-5-7-11(3)10-17-9-8-13(18)16-14(15(17)19)12(4)6-2/h11-12,14H,5-10H2,1-4H3,(H,16,18). The van der Waals surface area contributed by atoms with E-state index < -0.39 is 0 Å². The lowest BCUT2D eigenvalue weighted by atomic mass is 9.97. The summed E-state index contributed by atoms with van der Waals surface area (Å²) in [5.41, 5.74) is 0. The Morgan fingerprint density at radius 2 is 2.00 bits per heavy atom. The lowest BCUT2D eigenvalue weighted by Gasteiger charge is -2.29. The number of hydrogen-bond acceptors (Lipinski definition) is 2. The van der Waals surface area contributed by atoms with Crippen LogP contribution in [-0.4, -0.2) is 35.8 Å². The van der Waals surface area contributed by atoms with Gasteiger partial charge in [0, 0.05) is 19.5 Å². The van der Waals surface area contributed by atoms with Gasteiger partial charge in [0.15, 0.2) is 0 Å². The van der Waals surface area contributed by atoms with E-state index in [-0.39, 0.29) is 23.8 Å². The van der Waals surface area contributed by atoms with E-state index in [2.05, 4.69) is 26.1 Å². The van der Waals surface area contributed by atoms with Gasteiger partial charge in [-0.1, -0.05) is 40.5 Å². The molecule has 110 valence electrons. The van der Waals surface area contributed by atoms with Gasteiger partial charge < -0.3 is 10.2 Å². The van der Waals surface area contributed by atoms with E-state index >= 15 is 0 Å². The first-order valence-electron chi connectivity index (χ1n) is 7.57. The molecular formula is C15H28N2O2. The third kappa shape index (κ3) is 4.51. The van der Waals surface area contributed by atoms with Crippen LogP contribution in [0.1, 0.15) is 53.4 Å². The van der Waals surface area contributed by atoms with Crippen LogP contribution in [0.4, 0.5) is 0 Å². The van der Waals surface area contributed by atoms with Crippen LogP contribution >= 0.6 is 0 Å². The molecule has 0 aromatic heterocycles. The van der Waals surface area contributed by atoms with Crippen LogP contribution in [0.15, 0.2) is 0 Å². The molecule has 0 aromatic rings. The monoisotopic (exact) mass is 268 g/mol. The number of amides is 2. The maximum Gasteiger partial charge on any atom is 0.245 e. The molecule has 0 bridgehead atoms. The predicted molar refractivity (Wildman–Crippen MR) is 76.7 cm³/mol. The number of rotatable bonds is 6. The molecule has 0 aromatic carbocycles. The van der Waals surface area contributed by atoms with Crippen LogP contribution in [-0.2, 0) is 9.59 Å². The second kappa shape index (κ2) is 7.51. The molecule has 2 amide bonds. The molecule has 0 radical (unpaired) electrons. The number of carbonyl (C=O) groups is 2. The second-order valence-electron chi connectivity index (χ2n) is 5.86. The van der Waals surface area contributed by atoms with E-state index in [0.717, 1.165) is 25.8 Å². The van der Waals surface area contributed by atoms with Gasteiger partial charge in [0.1, 0.15) is 6.04 Å². The minimum atomic E-state index is -0.339. The fourth-order valence-electron chi connectivity index (χ4n) is 2.61. The molecule has 3 unspecified atom stereocenters. The summed E-state index contributed by atoms with van der Waals surface area (Å²) in [6, 6.07) is -0.339. The molecule has 19 heavy (non-hydrogen) atoms. The topological polar surface area (TPSA) is 49.4 Å². The van der Waals surface area contributed by atoms with E-state index in [9.17, 15) is 9.59 Å². The normalized spacial score (nSPS) is 23.8. The molecule has 0 spiro atoms. The fourth-order valence-corrected chi connectivity index (χ4v) is 2.61. The Kier molecular flexibility index (Phi) is 6.32. The quantitative estimate of drug-likeness (QED) is 0.802. The van der Waals surface area contributed by atoms with Gasteiger partial charge in [-0.05, 0) is 18.3 Å². The number of nitrogens with zero attached hydrogens (tertiary/aromatic N) is 1. The van der Waals surface area contributed by atoms with Crippen LogP contribution in [0, 0.1) is 11.8 Å². The Morgan fingerprint density at radius 3 is 2.58 bits per heavy atom. The van der Waals surface area contributed by atoms with Gasteiger partial charge in [-0.3, -0.25) is 9.59 Å². The Morgan fingerprint density at radius 1 is 1.32 bits per heavy atom. The molecule has 1 aliphatic heterocycles. The van der Waals surface area contributed by atoms with Crippen molar-refractivity contribution in [2.24, 2.45) is 11.8 Å². The molecule has 1 rings (SSSR count). The zero-order chi connectivity index (χ0) is 14.4. The molecule has 1 heterocycles. The first-order chi connectivity index (χ1) is 8.99. The fraction of sp³-hybridized carbons (Fsp3) is 0.867. The smallest absolute Gasteiger partial charge is 0.245 e. The Balaban J connectivity index is 2.74. The third-order valence-corrected chi connectivity index (χ3v) is 4.03. The largest absolute Gasteiger partial charge is 0.344 e. The van der Waals surface area contributed by atoms with E-state index in [1.54, 1.807) is 0 Å². The maximum atomic E-state index is 12.5. The Labute approximate surface area is 116 Å². The van der Waals surface area contributed by atoms with E-state index in [0.29, 0.717) is 18.9 Å². The van der Waals surface area contributed by atoms with Crippen LogP contribution < -0.4 is 5.32 Å². The second-order valence-corrected chi connectivity index (χ2v) is 5.86. The molecule has 3 atom stereocenters. The molecule has 1 fully saturated rings. The summed E-state index contributed by atoms with van der Waals surface area (Å²) in [4.78, 5) is 26.2. The van der Waals surface area contributed by atoms with Gasteiger partial charge in [0.05, 0.1) is 0 Å². The Hall–Kier alpha value is -1.06. The van der Waals surface area contributed by atoms with Gasteiger partial charge in [-0.2, -0.15) is 0 Å². The van der Waals surface area contributed by atoms with E-state index in [4.69, 9.17) is 0 Å². The summed E-state index contributed by atoms with van der Waals surface area (Å²) in [6.07, 6.45) is 3.58. The van der Waals surface area contributed by atoms with Crippen molar-refractivity contribution in [2.75, 3.05) is 13.1 Å². The molecule has 4 heteroatoms. The highest BCUT2D eigenvalue weighted by molar-refractivity contribution is 5.90. The van der Waals surface area contributed by atoms with Crippen molar-refractivity contribution in [1.82, 2.24) is 10.2 Å². The van der Waals surface area contributed by atoms with Gasteiger partial charge in [-0.25, -0.2) is 0 Å². The molecule has 1 aliphatic rings. The average molecular weight is 268 g/mol. The van der Waals surface area contributed by atoms with E-state index in [1.807, 2.05) is 11.8 Å². The van der Waals surface area contributed by atoms with Crippen molar-refractivity contribution < 1.29 is 9.59 Å². The zero-order valence-electron chi connectivity index (χ0n) is 12.7. The van der Waals surface area contributed by atoms with Crippen LogP contribution in [0.3, 0.4) is 0 Å². The van der Waals surface area contributed by atoms with Crippen LogP contribution in [0.25, 0.3) is 0 Å². The molecule has 1 saturated heterocycles. The molecule has 0 saturated carbocycles. The highest BCUT2D eigenvalue weighted by Crippen LogP contribution is 2.16. The highest BCUT2D eigenvalue weighted by Gasteiger charge is 2.33. The highest BCUT2D eigenvalue weighted by atomic mass is 16.2.